The Bertz CT molecular complexity index is 677. The standard InChI is InChI=1S/C24H33NO/c1-23(2)14-8-15-24(3)20-13-12-19(22(20)23)21(24)17-26-25-16-7-11-18-9-5-4-6-10-18/h4-7,9-11,16,19-22H,8,12-15,17H2,1-3H3/b11-7+,25-16+/t19-,20-,21-,22-,24+/m1/s1. The lowest BCUT2D eigenvalue weighted by Gasteiger charge is -2.41. The number of nitrogens with zero attached hydrogens (tertiary/aromatic N) is 1. The van der Waals surface area contributed by atoms with E-state index in [1.807, 2.05) is 24.3 Å². The molecule has 0 heterocycles. The second kappa shape index (κ2) is 6.87. The first kappa shape index (κ1) is 17.8. The Hall–Kier alpha value is -1.57. The maximum Gasteiger partial charge on any atom is 0.120 e. The van der Waals surface area contributed by atoms with Crippen molar-refractivity contribution in [2.24, 2.45) is 39.7 Å². The summed E-state index contributed by atoms with van der Waals surface area (Å²) >= 11 is 0. The zero-order valence-electron chi connectivity index (χ0n) is 16.5. The van der Waals surface area contributed by atoms with Crippen molar-refractivity contribution in [2.75, 3.05) is 6.61 Å². The molecule has 0 unspecified atom stereocenters. The van der Waals surface area contributed by atoms with Crippen molar-refractivity contribution in [2.45, 2.75) is 52.9 Å². The van der Waals surface area contributed by atoms with Gasteiger partial charge in [-0.1, -0.05) is 68.8 Å². The Balaban J connectivity index is 1.38. The number of oxime groups is 1. The molecule has 3 aliphatic carbocycles. The van der Waals surface area contributed by atoms with Gasteiger partial charge in [-0.3, -0.25) is 0 Å². The molecule has 0 spiro atoms. The monoisotopic (exact) mass is 351 g/mol. The van der Waals surface area contributed by atoms with Gasteiger partial charge in [0.2, 0.25) is 0 Å². The summed E-state index contributed by atoms with van der Waals surface area (Å²) in [5.41, 5.74) is 2.16. The van der Waals surface area contributed by atoms with E-state index in [0.29, 0.717) is 16.7 Å². The Morgan fingerprint density at radius 1 is 1.12 bits per heavy atom. The van der Waals surface area contributed by atoms with Crippen LogP contribution in [-0.4, -0.2) is 12.8 Å². The summed E-state index contributed by atoms with van der Waals surface area (Å²) in [5.74, 6) is 3.32. The molecule has 3 fully saturated rings. The van der Waals surface area contributed by atoms with Crippen LogP contribution in [0.3, 0.4) is 0 Å². The maximum absolute atomic E-state index is 5.81. The number of rotatable bonds is 5. The molecule has 0 aliphatic heterocycles. The van der Waals surface area contributed by atoms with Crippen LogP contribution in [0.1, 0.15) is 58.4 Å². The number of benzene rings is 1. The van der Waals surface area contributed by atoms with Gasteiger partial charge in [-0.05, 0) is 65.9 Å². The van der Waals surface area contributed by atoms with Gasteiger partial charge < -0.3 is 4.84 Å². The van der Waals surface area contributed by atoms with Crippen molar-refractivity contribution < 1.29 is 4.84 Å². The Morgan fingerprint density at radius 2 is 1.92 bits per heavy atom. The van der Waals surface area contributed by atoms with Gasteiger partial charge in [0.15, 0.2) is 0 Å². The topological polar surface area (TPSA) is 21.6 Å². The molecule has 1 aromatic carbocycles. The van der Waals surface area contributed by atoms with Crippen molar-refractivity contribution in [1.29, 1.82) is 0 Å². The van der Waals surface area contributed by atoms with E-state index in [1.165, 1.54) is 37.7 Å². The lowest BCUT2D eigenvalue weighted by Crippen LogP contribution is -2.36. The molecule has 5 atom stereocenters. The molecule has 3 saturated carbocycles. The highest BCUT2D eigenvalue weighted by atomic mass is 16.6. The average Bonchev–Trinajstić information content (AvgIpc) is 3.12. The molecule has 140 valence electrons. The molecule has 26 heavy (non-hydrogen) atoms. The van der Waals surface area contributed by atoms with Crippen LogP contribution in [0.15, 0.2) is 41.6 Å². The SMILES string of the molecule is CC1(C)CCC[C@]2(C)[C@H](CO/N=C/C=C/c3ccccc3)[C@H]3CC[C@@H]2[C@@H]31. The molecule has 0 aromatic heterocycles. The van der Waals surface area contributed by atoms with Crippen molar-refractivity contribution >= 4 is 12.3 Å². The van der Waals surface area contributed by atoms with E-state index >= 15 is 0 Å². The molecule has 3 aliphatic rings. The maximum atomic E-state index is 5.81. The van der Waals surface area contributed by atoms with Crippen molar-refractivity contribution in [3.05, 3.63) is 42.0 Å². The number of hydrogen-bond acceptors (Lipinski definition) is 2. The summed E-state index contributed by atoms with van der Waals surface area (Å²) in [5, 5.41) is 4.23. The van der Waals surface area contributed by atoms with Crippen LogP contribution >= 0.6 is 0 Å². The van der Waals surface area contributed by atoms with Crippen LogP contribution in [0, 0.1) is 34.5 Å². The summed E-state index contributed by atoms with van der Waals surface area (Å²) in [6.45, 7) is 8.38. The third kappa shape index (κ3) is 3.02. The summed E-state index contributed by atoms with van der Waals surface area (Å²) < 4.78 is 0. The van der Waals surface area contributed by atoms with E-state index in [1.54, 1.807) is 6.21 Å². The fourth-order valence-corrected chi connectivity index (χ4v) is 6.81. The highest BCUT2D eigenvalue weighted by Crippen LogP contribution is 2.70. The minimum absolute atomic E-state index is 0.469. The largest absolute Gasteiger partial charge is 0.395 e. The lowest BCUT2D eigenvalue weighted by atomic mass is 9.65. The lowest BCUT2D eigenvalue weighted by molar-refractivity contribution is 0.00231. The van der Waals surface area contributed by atoms with Crippen molar-refractivity contribution in [3.8, 4) is 0 Å². The van der Waals surface area contributed by atoms with Gasteiger partial charge >= 0.3 is 0 Å². The van der Waals surface area contributed by atoms with Gasteiger partial charge in [-0.15, -0.1) is 0 Å². The van der Waals surface area contributed by atoms with Gasteiger partial charge in [-0.25, -0.2) is 0 Å². The van der Waals surface area contributed by atoms with Gasteiger partial charge in [0.1, 0.15) is 6.61 Å². The first-order chi connectivity index (χ1) is 12.5. The van der Waals surface area contributed by atoms with E-state index in [-0.39, 0.29) is 0 Å². The molecule has 2 nitrogen and oxygen atoms in total. The predicted octanol–water partition coefficient (Wildman–Crippen LogP) is 6.19. The second-order valence-electron chi connectivity index (χ2n) is 9.65. The quantitative estimate of drug-likeness (QED) is 0.458. The smallest absolute Gasteiger partial charge is 0.120 e. The average molecular weight is 352 g/mol. The molecule has 0 amide bonds. The van der Waals surface area contributed by atoms with Crippen LogP contribution < -0.4 is 0 Å². The fraction of sp³-hybridized carbons (Fsp3) is 0.625. The first-order valence-electron chi connectivity index (χ1n) is 10.4. The normalized spacial score (nSPS) is 38.1. The van der Waals surface area contributed by atoms with E-state index in [9.17, 15) is 0 Å². The molecule has 0 radical (unpaired) electrons. The van der Waals surface area contributed by atoms with E-state index in [4.69, 9.17) is 4.84 Å². The van der Waals surface area contributed by atoms with E-state index in [0.717, 1.165) is 24.4 Å². The summed E-state index contributed by atoms with van der Waals surface area (Å²) in [6, 6.07) is 10.3. The van der Waals surface area contributed by atoms with Crippen molar-refractivity contribution in [1.82, 2.24) is 0 Å². The second-order valence-corrected chi connectivity index (χ2v) is 9.65. The van der Waals surface area contributed by atoms with Gasteiger partial charge in [0, 0.05) is 5.92 Å². The summed E-state index contributed by atoms with van der Waals surface area (Å²) in [6.07, 6.45) is 12.8. The van der Waals surface area contributed by atoms with Gasteiger partial charge in [-0.2, -0.15) is 0 Å². The summed E-state index contributed by atoms with van der Waals surface area (Å²) in [4.78, 5) is 5.81. The van der Waals surface area contributed by atoms with E-state index < -0.39 is 0 Å². The summed E-state index contributed by atoms with van der Waals surface area (Å²) in [7, 11) is 0. The number of allylic oxidation sites excluding steroid dienone is 1. The molecule has 4 rings (SSSR count). The van der Waals surface area contributed by atoms with Crippen LogP contribution in [0.25, 0.3) is 6.08 Å². The van der Waals surface area contributed by atoms with Crippen LogP contribution in [0.4, 0.5) is 0 Å². The molecule has 4 bridgehead atoms. The highest BCUT2D eigenvalue weighted by molar-refractivity contribution is 5.77. The van der Waals surface area contributed by atoms with Crippen LogP contribution in [0.2, 0.25) is 0 Å². The van der Waals surface area contributed by atoms with E-state index in [2.05, 4.69) is 44.1 Å². The van der Waals surface area contributed by atoms with Crippen molar-refractivity contribution in [3.63, 3.8) is 0 Å². The Labute approximate surface area is 158 Å². The first-order valence-corrected chi connectivity index (χ1v) is 10.4. The fourth-order valence-electron chi connectivity index (χ4n) is 6.81. The molecule has 1 aromatic rings. The number of hydrogen-bond donors (Lipinski definition) is 0. The molecular formula is C24H33NO. The third-order valence-electron chi connectivity index (χ3n) is 7.92. The Kier molecular flexibility index (Phi) is 4.71. The highest BCUT2D eigenvalue weighted by Gasteiger charge is 2.64. The van der Waals surface area contributed by atoms with Gasteiger partial charge in [0.25, 0.3) is 0 Å². The minimum atomic E-state index is 0.469. The van der Waals surface area contributed by atoms with Gasteiger partial charge in [0.05, 0.1) is 6.21 Å². The third-order valence-corrected chi connectivity index (χ3v) is 7.92. The molecule has 0 N–H and O–H groups in total. The zero-order valence-corrected chi connectivity index (χ0v) is 16.5. The minimum Gasteiger partial charge on any atom is -0.395 e. The van der Waals surface area contributed by atoms with Crippen LogP contribution in [-0.2, 0) is 4.84 Å². The molecule has 0 saturated heterocycles. The zero-order chi connectivity index (χ0) is 18.2. The molecular weight excluding hydrogens is 318 g/mol. The Morgan fingerprint density at radius 3 is 2.73 bits per heavy atom. The van der Waals surface area contributed by atoms with Crippen LogP contribution in [0.5, 0.6) is 0 Å². The predicted molar refractivity (Wildman–Crippen MR) is 109 cm³/mol. The molecule has 2 heteroatoms.